The summed E-state index contributed by atoms with van der Waals surface area (Å²) in [6.45, 7) is 0. The quantitative estimate of drug-likeness (QED) is 0.236. The monoisotopic (exact) mass is 506 g/mol. The molecule has 1 nitrogen and oxygen atoms in total. The molecule has 0 saturated heterocycles. The summed E-state index contributed by atoms with van der Waals surface area (Å²) in [6, 6.07) is 13.8. The number of halogens is 2. The third-order valence-corrected chi connectivity index (χ3v) is 6.65. The first-order valence-corrected chi connectivity index (χ1v) is 9.30. The average Bonchev–Trinajstić information content (AvgIpc) is 2.48. The third-order valence-electron chi connectivity index (χ3n) is 2.77. The van der Waals surface area contributed by atoms with E-state index in [4.69, 9.17) is 0 Å². The third kappa shape index (κ3) is 4.08. The molecule has 0 N–H and O–H groups in total. The number of hydrogen-bond acceptors (Lipinski definition) is 2. The topological polar surface area (TPSA) is 17.1 Å². The Hall–Kier alpha value is -0.340. The minimum absolute atomic E-state index is 0.0346. The minimum Gasteiger partial charge on any atom is -0.289 e. The van der Waals surface area contributed by atoms with Crippen molar-refractivity contribution in [2.75, 3.05) is 6.26 Å². The smallest absolute Gasteiger partial charge is 0.185 e. The van der Waals surface area contributed by atoms with Crippen molar-refractivity contribution >= 4 is 68.8 Å². The van der Waals surface area contributed by atoms with Crippen molar-refractivity contribution in [3.05, 3.63) is 66.8 Å². The van der Waals surface area contributed by atoms with Gasteiger partial charge in [-0.2, -0.15) is 0 Å². The summed E-state index contributed by atoms with van der Waals surface area (Å²) < 4.78 is 2.37. The lowest BCUT2D eigenvalue weighted by Crippen LogP contribution is -1.94. The van der Waals surface area contributed by atoms with Crippen LogP contribution in [0.15, 0.2) is 53.4 Å². The van der Waals surface area contributed by atoms with Gasteiger partial charge < -0.3 is 0 Å². The highest BCUT2D eigenvalue weighted by Crippen LogP contribution is 2.21. The molecule has 4 heteroatoms. The Bertz CT molecular complexity index is 648. The van der Waals surface area contributed by atoms with Crippen molar-refractivity contribution in [1.82, 2.24) is 0 Å². The van der Waals surface area contributed by atoms with Gasteiger partial charge in [-0.05, 0) is 99.5 Å². The maximum atomic E-state index is 12.1. The molecule has 0 atom stereocenters. The number of ketones is 1. The average molecular weight is 506 g/mol. The molecule has 0 aliphatic heterocycles. The molecule has 0 aliphatic rings. The number of allylic oxidation sites excluding steroid dienone is 1. The van der Waals surface area contributed by atoms with Crippen LogP contribution in [-0.4, -0.2) is 12.0 Å². The van der Waals surface area contributed by atoms with Crippen LogP contribution in [0.3, 0.4) is 0 Å². The lowest BCUT2D eigenvalue weighted by Gasteiger charge is -2.01. The van der Waals surface area contributed by atoms with Crippen molar-refractivity contribution in [3.8, 4) is 0 Å². The maximum Gasteiger partial charge on any atom is 0.185 e. The van der Waals surface area contributed by atoms with Crippen LogP contribution in [0.2, 0.25) is 0 Å². The first-order valence-electron chi connectivity index (χ1n) is 5.92. The number of hydrogen-bond donors (Lipinski definition) is 0. The normalized spacial score (nSPS) is 10.9. The van der Waals surface area contributed by atoms with Crippen LogP contribution < -0.4 is 0 Å². The van der Waals surface area contributed by atoms with Gasteiger partial charge in [-0.25, -0.2) is 0 Å². The van der Waals surface area contributed by atoms with Crippen molar-refractivity contribution in [2.45, 2.75) is 4.90 Å². The second kappa shape index (κ2) is 7.61. The number of rotatable bonds is 4. The number of thioether (sulfide) groups is 1. The molecular formula is C16H12I2OS. The summed E-state index contributed by atoms with van der Waals surface area (Å²) in [6.07, 6.45) is 5.55. The molecule has 0 amide bonds. The Labute approximate surface area is 150 Å². The molecule has 102 valence electrons. The predicted molar refractivity (Wildman–Crippen MR) is 103 cm³/mol. The molecular weight excluding hydrogens is 494 g/mol. The van der Waals surface area contributed by atoms with E-state index in [2.05, 4.69) is 51.2 Å². The summed E-state index contributed by atoms with van der Waals surface area (Å²) in [5, 5.41) is 0. The molecule has 0 aliphatic carbocycles. The second-order valence-corrected chi connectivity index (χ2v) is 7.19. The Balaban J connectivity index is 2.18. The molecule has 20 heavy (non-hydrogen) atoms. The summed E-state index contributed by atoms with van der Waals surface area (Å²) in [5.41, 5.74) is 1.80. The molecule has 0 unspecified atom stereocenters. The van der Waals surface area contributed by atoms with E-state index in [1.807, 2.05) is 48.7 Å². The van der Waals surface area contributed by atoms with Crippen LogP contribution in [0.4, 0.5) is 0 Å². The molecule has 2 aromatic carbocycles. The van der Waals surface area contributed by atoms with Gasteiger partial charge in [0, 0.05) is 17.6 Å². The largest absolute Gasteiger partial charge is 0.289 e. The lowest BCUT2D eigenvalue weighted by atomic mass is 10.1. The molecule has 0 spiro atoms. The summed E-state index contributed by atoms with van der Waals surface area (Å²) in [7, 11) is 0. The van der Waals surface area contributed by atoms with Crippen LogP contribution in [-0.2, 0) is 0 Å². The molecule has 0 saturated carbocycles. The summed E-state index contributed by atoms with van der Waals surface area (Å²) in [5.74, 6) is 0.0346. The Morgan fingerprint density at radius 1 is 1.10 bits per heavy atom. The van der Waals surface area contributed by atoms with Gasteiger partial charge in [0.15, 0.2) is 5.78 Å². The van der Waals surface area contributed by atoms with Gasteiger partial charge in [0.2, 0.25) is 0 Å². The van der Waals surface area contributed by atoms with Gasteiger partial charge in [0.1, 0.15) is 0 Å². The Kier molecular flexibility index (Phi) is 6.10. The zero-order chi connectivity index (χ0) is 14.5. The fraction of sp³-hybridized carbons (Fsp3) is 0.0625. The molecule has 2 rings (SSSR count). The molecule has 0 heterocycles. The highest BCUT2D eigenvalue weighted by atomic mass is 127. The standard InChI is InChI=1S/C16H12I2OS/c1-20-13-8-5-11(6-9-13)15(19)10-7-12-3-2-4-14(17)16(12)18/h2-10H,1H3/b10-7+. The van der Waals surface area contributed by atoms with Crippen molar-refractivity contribution in [1.29, 1.82) is 0 Å². The summed E-state index contributed by atoms with van der Waals surface area (Å²) in [4.78, 5) is 13.3. The van der Waals surface area contributed by atoms with E-state index in [1.165, 1.54) is 7.14 Å². The lowest BCUT2D eigenvalue weighted by molar-refractivity contribution is 0.104. The van der Waals surface area contributed by atoms with E-state index in [9.17, 15) is 4.79 Å². The van der Waals surface area contributed by atoms with Crippen molar-refractivity contribution < 1.29 is 4.79 Å². The molecule has 2 aromatic rings. The van der Waals surface area contributed by atoms with Crippen LogP contribution in [0, 0.1) is 7.14 Å². The first kappa shape index (κ1) is 16.0. The van der Waals surface area contributed by atoms with Gasteiger partial charge in [-0.15, -0.1) is 11.8 Å². The van der Waals surface area contributed by atoms with Crippen molar-refractivity contribution in [2.24, 2.45) is 0 Å². The Morgan fingerprint density at radius 3 is 2.45 bits per heavy atom. The van der Waals surface area contributed by atoms with Crippen LogP contribution in [0.1, 0.15) is 15.9 Å². The van der Waals surface area contributed by atoms with Gasteiger partial charge in [-0.3, -0.25) is 4.79 Å². The van der Waals surface area contributed by atoms with Gasteiger partial charge in [0.05, 0.1) is 0 Å². The summed E-state index contributed by atoms with van der Waals surface area (Å²) >= 11 is 6.27. The number of carbonyl (C=O) groups is 1. The van der Waals surface area contributed by atoms with E-state index in [1.54, 1.807) is 17.8 Å². The van der Waals surface area contributed by atoms with Crippen LogP contribution >= 0.6 is 56.9 Å². The number of benzene rings is 2. The first-order chi connectivity index (χ1) is 9.61. The second-order valence-electron chi connectivity index (χ2n) is 4.07. The zero-order valence-electron chi connectivity index (χ0n) is 10.8. The molecule has 0 fully saturated rings. The van der Waals surface area contributed by atoms with Crippen LogP contribution in [0.25, 0.3) is 6.08 Å². The van der Waals surface area contributed by atoms with E-state index < -0.39 is 0 Å². The molecule has 0 radical (unpaired) electrons. The maximum absolute atomic E-state index is 12.1. The van der Waals surface area contributed by atoms with E-state index in [-0.39, 0.29) is 5.78 Å². The fourth-order valence-electron chi connectivity index (χ4n) is 1.67. The number of carbonyl (C=O) groups excluding carboxylic acids is 1. The zero-order valence-corrected chi connectivity index (χ0v) is 15.9. The highest BCUT2D eigenvalue weighted by molar-refractivity contribution is 14.1. The molecule has 0 aromatic heterocycles. The van der Waals surface area contributed by atoms with E-state index >= 15 is 0 Å². The van der Waals surface area contributed by atoms with Gasteiger partial charge in [0.25, 0.3) is 0 Å². The van der Waals surface area contributed by atoms with E-state index in [0.717, 1.165) is 16.0 Å². The van der Waals surface area contributed by atoms with E-state index in [0.29, 0.717) is 0 Å². The fourth-order valence-corrected chi connectivity index (χ4v) is 3.13. The highest BCUT2D eigenvalue weighted by Gasteiger charge is 2.03. The SMILES string of the molecule is CSc1ccc(C(=O)/C=C/c2cccc(I)c2I)cc1. The molecule has 0 bridgehead atoms. The van der Waals surface area contributed by atoms with Crippen LogP contribution in [0.5, 0.6) is 0 Å². The minimum atomic E-state index is 0.0346. The Morgan fingerprint density at radius 2 is 1.80 bits per heavy atom. The predicted octanol–water partition coefficient (Wildman–Crippen LogP) is 5.51. The van der Waals surface area contributed by atoms with Gasteiger partial charge in [-0.1, -0.05) is 12.1 Å². The van der Waals surface area contributed by atoms with Gasteiger partial charge >= 0.3 is 0 Å². The van der Waals surface area contributed by atoms with Crippen molar-refractivity contribution in [3.63, 3.8) is 0 Å².